The molecule has 76 valence electrons. The molecule has 0 aliphatic heterocycles. The Labute approximate surface area is 97.5 Å². The van der Waals surface area contributed by atoms with Crippen molar-refractivity contribution in [1.29, 1.82) is 0 Å². The molecule has 0 N–H and O–H groups in total. The van der Waals surface area contributed by atoms with E-state index in [1.165, 1.54) is 0 Å². The van der Waals surface area contributed by atoms with E-state index < -0.39 is 0 Å². The molecule has 1 aromatic heterocycles. The van der Waals surface area contributed by atoms with E-state index in [-0.39, 0.29) is 0 Å². The van der Waals surface area contributed by atoms with Gasteiger partial charge in [-0.3, -0.25) is 0 Å². The minimum Gasteiger partial charge on any atom is -0.241 e. The summed E-state index contributed by atoms with van der Waals surface area (Å²) in [5, 5.41) is 0. The second-order valence-corrected chi connectivity index (χ2v) is 4.34. The molecule has 2 rings (SSSR count). The van der Waals surface area contributed by atoms with E-state index in [1.54, 1.807) is 0 Å². The highest BCUT2D eigenvalue weighted by atomic mass is 79.9. The van der Waals surface area contributed by atoms with E-state index in [9.17, 15) is 0 Å². The minimum atomic E-state index is 0.813. The number of aryl methyl sites for hydroxylation is 2. The third kappa shape index (κ3) is 2.23. The van der Waals surface area contributed by atoms with Crippen LogP contribution < -0.4 is 0 Å². The van der Waals surface area contributed by atoms with Crippen LogP contribution in [0.5, 0.6) is 0 Å². The molecular formula is C12H11BrN2. The maximum Gasteiger partial charge on any atom is 0.125 e. The largest absolute Gasteiger partial charge is 0.241 e. The molecule has 0 fully saturated rings. The summed E-state index contributed by atoms with van der Waals surface area (Å²) in [5.41, 5.74) is 3.26. The first-order valence-electron chi connectivity index (χ1n) is 4.73. The topological polar surface area (TPSA) is 25.8 Å². The van der Waals surface area contributed by atoms with Crippen molar-refractivity contribution in [3.63, 3.8) is 0 Å². The van der Waals surface area contributed by atoms with Gasteiger partial charge in [-0.1, -0.05) is 28.1 Å². The average molecular weight is 263 g/mol. The van der Waals surface area contributed by atoms with Gasteiger partial charge in [0.15, 0.2) is 0 Å². The molecule has 0 radical (unpaired) electrons. The van der Waals surface area contributed by atoms with Crippen LogP contribution in [-0.4, -0.2) is 9.97 Å². The highest BCUT2D eigenvalue weighted by Gasteiger charge is 2.03. The molecule has 0 unspecified atom stereocenters. The van der Waals surface area contributed by atoms with Gasteiger partial charge in [-0.25, -0.2) is 9.97 Å². The summed E-state index contributed by atoms with van der Waals surface area (Å²) in [4.78, 5) is 8.57. The van der Waals surface area contributed by atoms with E-state index in [0.29, 0.717) is 0 Å². The van der Waals surface area contributed by atoms with Crippen molar-refractivity contribution < 1.29 is 0 Å². The van der Waals surface area contributed by atoms with E-state index in [2.05, 4.69) is 38.0 Å². The fraction of sp³-hybridized carbons (Fsp3) is 0.167. The number of hydrogen-bond donors (Lipinski definition) is 0. The zero-order valence-corrected chi connectivity index (χ0v) is 10.2. The summed E-state index contributed by atoms with van der Waals surface area (Å²) in [6.07, 6.45) is 1.88. The van der Waals surface area contributed by atoms with Gasteiger partial charge in [0, 0.05) is 21.9 Å². The molecule has 0 spiro atoms. The molecule has 0 atom stereocenters. The van der Waals surface area contributed by atoms with Crippen LogP contribution in [0.3, 0.4) is 0 Å². The van der Waals surface area contributed by atoms with Crippen molar-refractivity contribution in [2.24, 2.45) is 0 Å². The first-order chi connectivity index (χ1) is 7.16. The lowest BCUT2D eigenvalue weighted by Crippen LogP contribution is -1.93. The predicted molar refractivity (Wildman–Crippen MR) is 64.6 cm³/mol. The summed E-state index contributed by atoms with van der Waals surface area (Å²) < 4.78 is 1.08. The van der Waals surface area contributed by atoms with Gasteiger partial charge in [-0.15, -0.1) is 0 Å². The third-order valence-electron chi connectivity index (χ3n) is 2.26. The summed E-state index contributed by atoms with van der Waals surface area (Å²) >= 11 is 3.42. The lowest BCUT2D eigenvalue weighted by Gasteiger charge is -2.05. The van der Waals surface area contributed by atoms with Crippen LogP contribution in [0.25, 0.3) is 11.1 Å². The molecular weight excluding hydrogens is 252 g/mol. The Kier molecular flexibility index (Phi) is 2.82. The molecule has 2 aromatic rings. The molecule has 1 aromatic carbocycles. The van der Waals surface area contributed by atoms with Crippen LogP contribution in [0.4, 0.5) is 0 Å². The summed E-state index contributed by atoms with van der Waals surface area (Å²) in [6.45, 7) is 3.91. The standard InChI is InChI=1S/C12H11BrN2/c1-8-12(7-14-9(2)15-8)10-3-5-11(13)6-4-10/h3-7H,1-2H3. The van der Waals surface area contributed by atoms with Crippen molar-refractivity contribution in [3.05, 3.63) is 46.5 Å². The summed E-state index contributed by atoms with van der Waals surface area (Å²) in [7, 11) is 0. The fourth-order valence-electron chi connectivity index (χ4n) is 1.50. The Morgan fingerprint density at radius 1 is 1.07 bits per heavy atom. The van der Waals surface area contributed by atoms with Gasteiger partial charge in [0.2, 0.25) is 0 Å². The zero-order valence-electron chi connectivity index (χ0n) is 8.66. The normalized spacial score (nSPS) is 10.3. The molecule has 0 saturated heterocycles. The van der Waals surface area contributed by atoms with Gasteiger partial charge in [-0.2, -0.15) is 0 Å². The Hall–Kier alpha value is -1.22. The first kappa shape index (κ1) is 10.3. The van der Waals surface area contributed by atoms with Gasteiger partial charge in [0.05, 0.1) is 0 Å². The molecule has 0 bridgehead atoms. The average Bonchev–Trinajstić information content (AvgIpc) is 2.20. The third-order valence-corrected chi connectivity index (χ3v) is 2.78. The molecule has 2 nitrogen and oxygen atoms in total. The molecule has 3 heteroatoms. The monoisotopic (exact) mass is 262 g/mol. The summed E-state index contributed by atoms with van der Waals surface area (Å²) in [5.74, 6) is 0.813. The molecule has 0 amide bonds. The van der Waals surface area contributed by atoms with Crippen LogP contribution in [0.1, 0.15) is 11.5 Å². The van der Waals surface area contributed by atoms with Gasteiger partial charge in [0.25, 0.3) is 0 Å². The van der Waals surface area contributed by atoms with Gasteiger partial charge in [-0.05, 0) is 31.5 Å². The van der Waals surface area contributed by atoms with Crippen LogP contribution in [0.2, 0.25) is 0 Å². The number of hydrogen-bond acceptors (Lipinski definition) is 2. The maximum atomic E-state index is 4.35. The van der Waals surface area contributed by atoms with Crippen molar-refractivity contribution in [1.82, 2.24) is 9.97 Å². The predicted octanol–water partition coefficient (Wildman–Crippen LogP) is 3.52. The molecule has 0 aliphatic rings. The Morgan fingerprint density at radius 2 is 1.73 bits per heavy atom. The number of aromatic nitrogens is 2. The zero-order chi connectivity index (χ0) is 10.8. The SMILES string of the molecule is Cc1ncc(-c2ccc(Br)cc2)c(C)n1. The Balaban J connectivity index is 2.49. The second-order valence-electron chi connectivity index (χ2n) is 3.42. The van der Waals surface area contributed by atoms with Crippen molar-refractivity contribution >= 4 is 15.9 Å². The number of rotatable bonds is 1. The number of halogens is 1. The van der Waals surface area contributed by atoms with Gasteiger partial charge < -0.3 is 0 Å². The highest BCUT2D eigenvalue weighted by Crippen LogP contribution is 2.23. The summed E-state index contributed by atoms with van der Waals surface area (Å²) in [6, 6.07) is 8.17. The smallest absolute Gasteiger partial charge is 0.125 e. The lowest BCUT2D eigenvalue weighted by atomic mass is 10.1. The van der Waals surface area contributed by atoms with Crippen molar-refractivity contribution in [3.8, 4) is 11.1 Å². The van der Waals surface area contributed by atoms with E-state index >= 15 is 0 Å². The number of nitrogens with zero attached hydrogens (tertiary/aromatic N) is 2. The quantitative estimate of drug-likeness (QED) is 0.786. The minimum absolute atomic E-state index is 0.813. The molecule has 15 heavy (non-hydrogen) atoms. The lowest BCUT2D eigenvalue weighted by molar-refractivity contribution is 1.01. The van der Waals surface area contributed by atoms with Crippen molar-refractivity contribution in [2.75, 3.05) is 0 Å². The highest BCUT2D eigenvalue weighted by molar-refractivity contribution is 9.10. The van der Waals surface area contributed by atoms with Gasteiger partial charge in [0.1, 0.15) is 5.82 Å². The Morgan fingerprint density at radius 3 is 2.33 bits per heavy atom. The number of benzene rings is 1. The van der Waals surface area contributed by atoms with E-state index in [0.717, 1.165) is 27.1 Å². The second kappa shape index (κ2) is 4.11. The first-order valence-corrected chi connectivity index (χ1v) is 5.52. The van der Waals surface area contributed by atoms with Crippen molar-refractivity contribution in [2.45, 2.75) is 13.8 Å². The van der Waals surface area contributed by atoms with E-state index in [1.807, 2.05) is 32.2 Å². The van der Waals surface area contributed by atoms with Crippen LogP contribution >= 0.6 is 15.9 Å². The maximum absolute atomic E-state index is 4.35. The Bertz CT molecular complexity index is 477. The van der Waals surface area contributed by atoms with Crippen LogP contribution in [-0.2, 0) is 0 Å². The van der Waals surface area contributed by atoms with Crippen LogP contribution in [0, 0.1) is 13.8 Å². The molecule has 1 heterocycles. The molecule has 0 saturated carbocycles. The fourth-order valence-corrected chi connectivity index (χ4v) is 1.76. The van der Waals surface area contributed by atoms with Gasteiger partial charge >= 0.3 is 0 Å². The molecule has 0 aliphatic carbocycles. The van der Waals surface area contributed by atoms with E-state index in [4.69, 9.17) is 0 Å². The van der Waals surface area contributed by atoms with Crippen LogP contribution in [0.15, 0.2) is 34.9 Å².